The molecule has 1 N–H and O–H groups in total. The van der Waals surface area contributed by atoms with E-state index < -0.39 is 5.54 Å². The number of hydrogen-bond acceptors (Lipinski definition) is 2. The number of nitrogens with zero attached hydrogens (tertiary/aromatic N) is 1. The Balaban J connectivity index is 2.13. The molecule has 0 aromatic heterocycles. The zero-order chi connectivity index (χ0) is 13.2. The number of rotatable bonds is 3. The molecule has 2 rings (SSSR count). The second-order valence-electron chi connectivity index (χ2n) is 5.26. The number of unbranched alkanes of at least 4 members (excludes halogenated alkanes) is 1. The summed E-state index contributed by atoms with van der Waals surface area (Å²) in [6, 6.07) is -0.374. The maximum atomic E-state index is 12.6. The van der Waals surface area contributed by atoms with Crippen molar-refractivity contribution in [3.8, 4) is 12.3 Å². The maximum absolute atomic E-state index is 12.6. The van der Waals surface area contributed by atoms with Crippen LogP contribution in [0.5, 0.6) is 0 Å². The van der Waals surface area contributed by atoms with Crippen LogP contribution in [0.1, 0.15) is 45.4 Å². The van der Waals surface area contributed by atoms with Crippen molar-refractivity contribution in [3.63, 3.8) is 0 Å². The van der Waals surface area contributed by atoms with Crippen molar-refractivity contribution in [2.24, 2.45) is 0 Å². The van der Waals surface area contributed by atoms with E-state index in [1.54, 1.807) is 11.8 Å². The van der Waals surface area contributed by atoms with Gasteiger partial charge < -0.3 is 10.2 Å². The first-order chi connectivity index (χ1) is 8.60. The van der Waals surface area contributed by atoms with Crippen LogP contribution in [0.2, 0.25) is 0 Å². The Bertz CT molecular complexity index is 391. The van der Waals surface area contributed by atoms with Crippen LogP contribution in [0.15, 0.2) is 0 Å². The van der Waals surface area contributed by atoms with Gasteiger partial charge in [-0.1, -0.05) is 12.8 Å². The summed E-state index contributed by atoms with van der Waals surface area (Å²) in [5.74, 6) is 2.63. The highest BCUT2D eigenvalue weighted by Gasteiger charge is 2.50. The summed E-state index contributed by atoms with van der Waals surface area (Å²) >= 11 is 0. The van der Waals surface area contributed by atoms with Gasteiger partial charge in [0.1, 0.15) is 11.6 Å². The van der Waals surface area contributed by atoms with E-state index in [1.807, 2.05) is 0 Å². The monoisotopic (exact) mass is 248 g/mol. The number of terminal acetylenes is 1. The highest BCUT2D eigenvalue weighted by molar-refractivity contribution is 5.99. The van der Waals surface area contributed by atoms with Crippen molar-refractivity contribution in [2.75, 3.05) is 6.54 Å². The Morgan fingerprint density at radius 1 is 1.44 bits per heavy atom. The maximum Gasteiger partial charge on any atom is 0.248 e. The molecule has 2 fully saturated rings. The molecule has 1 heterocycles. The Morgan fingerprint density at radius 3 is 2.72 bits per heavy atom. The lowest BCUT2D eigenvalue weighted by Crippen LogP contribution is -2.68. The zero-order valence-corrected chi connectivity index (χ0v) is 10.9. The molecule has 0 radical (unpaired) electrons. The summed E-state index contributed by atoms with van der Waals surface area (Å²) in [5, 5.41) is 2.94. The Hall–Kier alpha value is -1.50. The van der Waals surface area contributed by atoms with Crippen molar-refractivity contribution in [1.29, 1.82) is 0 Å². The summed E-state index contributed by atoms with van der Waals surface area (Å²) in [4.78, 5) is 26.3. The quantitative estimate of drug-likeness (QED) is 0.600. The molecular weight excluding hydrogens is 228 g/mol. The van der Waals surface area contributed by atoms with Gasteiger partial charge in [0.2, 0.25) is 11.8 Å². The largest absolute Gasteiger partial charge is 0.340 e. The first-order valence-corrected chi connectivity index (χ1v) is 6.67. The summed E-state index contributed by atoms with van der Waals surface area (Å²) in [6.45, 7) is 2.37. The second-order valence-corrected chi connectivity index (χ2v) is 5.26. The van der Waals surface area contributed by atoms with Gasteiger partial charge >= 0.3 is 0 Å². The third-order valence-corrected chi connectivity index (χ3v) is 4.06. The number of carbonyl (C=O) groups is 2. The summed E-state index contributed by atoms with van der Waals surface area (Å²) in [6.07, 6.45) is 10.2. The molecule has 1 spiro atoms. The van der Waals surface area contributed by atoms with Crippen LogP contribution in [-0.4, -0.2) is 34.8 Å². The Labute approximate surface area is 108 Å². The van der Waals surface area contributed by atoms with Gasteiger partial charge in [-0.3, -0.25) is 9.59 Å². The molecule has 4 nitrogen and oxygen atoms in total. The Morgan fingerprint density at radius 2 is 2.11 bits per heavy atom. The Kier molecular flexibility index (Phi) is 3.60. The molecule has 1 saturated heterocycles. The first kappa shape index (κ1) is 12.9. The molecule has 2 amide bonds. The van der Waals surface area contributed by atoms with Gasteiger partial charge in [-0.2, -0.15) is 0 Å². The minimum atomic E-state index is -0.611. The van der Waals surface area contributed by atoms with Crippen LogP contribution in [0, 0.1) is 12.3 Å². The standard InChI is InChI=1S/C14H20N2O2/c1-3-4-7-10-16-11(2)12(17)15-14(13(16)18)8-5-6-9-14/h1,11H,4-10H2,2H3,(H,15,17). The van der Waals surface area contributed by atoms with E-state index in [0.29, 0.717) is 13.0 Å². The fourth-order valence-electron chi connectivity index (χ4n) is 2.95. The van der Waals surface area contributed by atoms with Crippen molar-refractivity contribution in [3.05, 3.63) is 0 Å². The average Bonchev–Trinajstić information content (AvgIpc) is 2.81. The molecule has 1 saturated carbocycles. The van der Waals surface area contributed by atoms with E-state index in [-0.39, 0.29) is 17.9 Å². The summed E-state index contributed by atoms with van der Waals surface area (Å²) in [7, 11) is 0. The normalized spacial score (nSPS) is 26.2. The van der Waals surface area contributed by atoms with Crippen molar-refractivity contribution < 1.29 is 9.59 Å². The minimum absolute atomic E-state index is 0.0304. The average molecular weight is 248 g/mol. The molecular formula is C14H20N2O2. The fourth-order valence-corrected chi connectivity index (χ4v) is 2.95. The van der Waals surface area contributed by atoms with E-state index in [1.165, 1.54) is 0 Å². The predicted octanol–water partition coefficient (Wildman–Crippen LogP) is 1.06. The summed E-state index contributed by atoms with van der Waals surface area (Å²) < 4.78 is 0. The van der Waals surface area contributed by atoms with E-state index in [2.05, 4.69) is 11.2 Å². The summed E-state index contributed by atoms with van der Waals surface area (Å²) in [5.41, 5.74) is -0.611. The van der Waals surface area contributed by atoms with Crippen LogP contribution in [0.25, 0.3) is 0 Å². The predicted molar refractivity (Wildman–Crippen MR) is 68.6 cm³/mol. The minimum Gasteiger partial charge on any atom is -0.340 e. The van der Waals surface area contributed by atoms with Gasteiger partial charge in [0, 0.05) is 13.0 Å². The molecule has 1 aliphatic carbocycles. The third-order valence-electron chi connectivity index (χ3n) is 4.06. The molecule has 1 aliphatic heterocycles. The van der Waals surface area contributed by atoms with Crippen LogP contribution in [0.4, 0.5) is 0 Å². The number of hydrogen-bond donors (Lipinski definition) is 1. The fraction of sp³-hybridized carbons (Fsp3) is 0.714. The van der Waals surface area contributed by atoms with Gasteiger partial charge in [-0.25, -0.2) is 0 Å². The highest BCUT2D eigenvalue weighted by atomic mass is 16.2. The molecule has 0 bridgehead atoms. The van der Waals surface area contributed by atoms with E-state index in [4.69, 9.17) is 6.42 Å². The molecule has 1 atom stereocenters. The topological polar surface area (TPSA) is 49.4 Å². The number of piperazine rings is 1. The SMILES string of the molecule is C#CCCCN1C(=O)C2(CCCC2)NC(=O)C1C. The van der Waals surface area contributed by atoms with Crippen LogP contribution in [-0.2, 0) is 9.59 Å². The van der Waals surface area contributed by atoms with Crippen molar-refractivity contribution >= 4 is 11.8 Å². The van der Waals surface area contributed by atoms with Crippen molar-refractivity contribution in [1.82, 2.24) is 10.2 Å². The lowest BCUT2D eigenvalue weighted by Gasteiger charge is -2.43. The molecule has 98 valence electrons. The van der Waals surface area contributed by atoms with Gasteiger partial charge in [0.15, 0.2) is 0 Å². The van der Waals surface area contributed by atoms with Gasteiger partial charge in [-0.15, -0.1) is 12.3 Å². The zero-order valence-electron chi connectivity index (χ0n) is 10.9. The number of nitrogens with one attached hydrogen (secondary N) is 1. The molecule has 0 aromatic rings. The lowest BCUT2D eigenvalue weighted by molar-refractivity contribution is -0.154. The van der Waals surface area contributed by atoms with Crippen molar-refractivity contribution in [2.45, 2.75) is 57.0 Å². The smallest absolute Gasteiger partial charge is 0.248 e. The number of carbonyl (C=O) groups excluding carboxylic acids is 2. The molecule has 4 heteroatoms. The van der Waals surface area contributed by atoms with Gasteiger partial charge in [0.05, 0.1) is 0 Å². The third kappa shape index (κ3) is 2.10. The van der Waals surface area contributed by atoms with Crippen LogP contribution >= 0.6 is 0 Å². The van der Waals surface area contributed by atoms with Crippen LogP contribution in [0.3, 0.4) is 0 Å². The molecule has 2 aliphatic rings. The van der Waals surface area contributed by atoms with E-state index >= 15 is 0 Å². The molecule has 18 heavy (non-hydrogen) atoms. The molecule has 1 unspecified atom stereocenters. The molecule has 0 aromatic carbocycles. The number of amides is 2. The first-order valence-electron chi connectivity index (χ1n) is 6.67. The highest BCUT2D eigenvalue weighted by Crippen LogP contribution is 2.34. The van der Waals surface area contributed by atoms with Crippen LogP contribution < -0.4 is 5.32 Å². The van der Waals surface area contributed by atoms with E-state index in [0.717, 1.165) is 32.1 Å². The second kappa shape index (κ2) is 5.01. The van der Waals surface area contributed by atoms with E-state index in [9.17, 15) is 9.59 Å². The van der Waals surface area contributed by atoms with Gasteiger partial charge in [-0.05, 0) is 26.2 Å². The lowest BCUT2D eigenvalue weighted by atomic mass is 9.91. The van der Waals surface area contributed by atoms with Gasteiger partial charge in [0.25, 0.3) is 0 Å².